The SMILES string of the molecule is CNC(=O)COc1ccc(/C=C/c2nc3cc([N+](=O)[O-])ccc3s2)cc1OC. The van der Waals surface area contributed by atoms with Gasteiger partial charge in [0, 0.05) is 19.2 Å². The van der Waals surface area contributed by atoms with Gasteiger partial charge in [0.15, 0.2) is 18.1 Å². The molecule has 3 rings (SSSR count). The normalized spacial score (nSPS) is 10.9. The minimum atomic E-state index is -0.436. The third-order valence-corrected chi connectivity index (χ3v) is 4.84. The number of aromatic nitrogens is 1. The fourth-order valence-electron chi connectivity index (χ4n) is 2.41. The standard InChI is InChI=1S/C19H17N3O5S/c1-20-18(23)11-27-15-6-3-12(9-16(15)26-2)4-8-19-21-14-10-13(22(24)25)5-7-17(14)28-19/h3-10H,11H2,1-2H3,(H,20,23)/b8-4+. The zero-order chi connectivity index (χ0) is 20.1. The highest BCUT2D eigenvalue weighted by molar-refractivity contribution is 7.19. The number of nitro groups is 1. The van der Waals surface area contributed by atoms with Crippen molar-refractivity contribution in [2.75, 3.05) is 20.8 Å². The highest BCUT2D eigenvalue weighted by Crippen LogP contribution is 2.30. The van der Waals surface area contributed by atoms with Gasteiger partial charge in [0.2, 0.25) is 0 Å². The molecule has 0 aliphatic heterocycles. The summed E-state index contributed by atoms with van der Waals surface area (Å²) in [6, 6.07) is 9.97. The first-order chi connectivity index (χ1) is 13.5. The number of nitrogens with one attached hydrogen (secondary N) is 1. The average molecular weight is 399 g/mol. The number of methoxy groups -OCH3 is 1. The van der Waals surface area contributed by atoms with Gasteiger partial charge in [-0.3, -0.25) is 14.9 Å². The van der Waals surface area contributed by atoms with E-state index in [1.807, 2.05) is 18.2 Å². The van der Waals surface area contributed by atoms with E-state index in [4.69, 9.17) is 9.47 Å². The summed E-state index contributed by atoms with van der Waals surface area (Å²) >= 11 is 1.44. The Morgan fingerprint density at radius 1 is 1.25 bits per heavy atom. The van der Waals surface area contributed by atoms with Gasteiger partial charge in [0.05, 0.1) is 22.2 Å². The first-order valence-corrected chi connectivity index (χ1v) is 9.06. The van der Waals surface area contributed by atoms with Gasteiger partial charge >= 0.3 is 0 Å². The molecule has 3 aromatic rings. The molecule has 1 heterocycles. The van der Waals surface area contributed by atoms with E-state index < -0.39 is 4.92 Å². The van der Waals surface area contributed by atoms with Crippen LogP contribution in [0.3, 0.4) is 0 Å². The topological polar surface area (TPSA) is 104 Å². The molecule has 1 N–H and O–H groups in total. The number of carbonyl (C=O) groups excluding carboxylic acids is 1. The first kappa shape index (κ1) is 19.3. The van der Waals surface area contributed by atoms with Gasteiger partial charge in [-0.2, -0.15) is 0 Å². The zero-order valence-electron chi connectivity index (χ0n) is 15.2. The molecule has 0 aliphatic rings. The molecule has 8 nitrogen and oxygen atoms in total. The van der Waals surface area contributed by atoms with E-state index in [0.717, 1.165) is 15.3 Å². The average Bonchev–Trinajstić information content (AvgIpc) is 3.12. The number of nitrogens with zero attached hydrogens (tertiary/aromatic N) is 2. The van der Waals surface area contributed by atoms with Gasteiger partial charge in [-0.1, -0.05) is 12.1 Å². The minimum Gasteiger partial charge on any atom is -0.493 e. The molecule has 0 fully saturated rings. The maximum absolute atomic E-state index is 11.3. The van der Waals surface area contributed by atoms with Crippen molar-refractivity contribution in [1.29, 1.82) is 0 Å². The van der Waals surface area contributed by atoms with Crippen LogP contribution in [-0.4, -0.2) is 36.6 Å². The molecule has 0 atom stereocenters. The predicted octanol–water partition coefficient (Wildman–Crippen LogP) is 3.51. The van der Waals surface area contributed by atoms with Crippen LogP contribution in [0, 0.1) is 10.1 Å². The number of thiazole rings is 1. The Labute approximate surface area is 164 Å². The van der Waals surface area contributed by atoms with Gasteiger partial charge in [-0.05, 0) is 29.8 Å². The van der Waals surface area contributed by atoms with Crippen molar-refractivity contribution < 1.29 is 19.2 Å². The smallest absolute Gasteiger partial charge is 0.271 e. The van der Waals surface area contributed by atoms with Gasteiger partial charge in [0.1, 0.15) is 5.01 Å². The molecular weight excluding hydrogens is 382 g/mol. The van der Waals surface area contributed by atoms with Gasteiger partial charge in [-0.15, -0.1) is 11.3 Å². The van der Waals surface area contributed by atoms with Gasteiger partial charge < -0.3 is 14.8 Å². The Balaban J connectivity index is 1.78. The maximum atomic E-state index is 11.3. The summed E-state index contributed by atoms with van der Waals surface area (Å²) in [5.41, 5.74) is 1.47. The minimum absolute atomic E-state index is 0.0189. The third kappa shape index (κ3) is 4.44. The van der Waals surface area contributed by atoms with E-state index in [9.17, 15) is 14.9 Å². The summed E-state index contributed by atoms with van der Waals surface area (Å²) in [4.78, 5) is 26.2. The van der Waals surface area contributed by atoms with E-state index in [0.29, 0.717) is 17.0 Å². The van der Waals surface area contributed by atoms with E-state index in [-0.39, 0.29) is 18.2 Å². The molecular formula is C19H17N3O5S. The van der Waals surface area contributed by atoms with Crippen LogP contribution in [0.15, 0.2) is 36.4 Å². The molecule has 0 bridgehead atoms. The Bertz CT molecular complexity index is 1060. The van der Waals surface area contributed by atoms with Crippen LogP contribution >= 0.6 is 11.3 Å². The predicted molar refractivity (Wildman–Crippen MR) is 108 cm³/mol. The van der Waals surface area contributed by atoms with Gasteiger partial charge in [-0.25, -0.2) is 4.98 Å². The molecule has 144 valence electrons. The number of nitro benzene ring substituents is 1. The van der Waals surface area contributed by atoms with Crippen LogP contribution in [0.4, 0.5) is 5.69 Å². The monoisotopic (exact) mass is 399 g/mol. The summed E-state index contributed by atoms with van der Waals surface area (Å²) < 4.78 is 11.6. The van der Waals surface area contributed by atoms with Crippen LogP contribution < -0.4 is 14.8 Å². The summed E-state index contributed by atoms with van der Waals surface area (Å²) in [6.45, 7) is -0.0973. The number of non-ortho nitro benzene ring substituents is 1. The number of hydrogen-bond acceptors (Lipinski definition) is 7. The number of rotatable bonds is 7. The lowest BCUT2D eigenvalue weighted by Crippen LogP contribution is -2.24. The quantitative estimate of drug-likeness (QED) is 0.482. The fraction of sp³-hybridized carbons (Fsp3) is 0.158. The van der Waals surface area contributed by atoms with Crippen LogP contribution in [0.5, 0.6) is 11.5 Å². The number of amides is 1. The van der Waals surface area contributed by atoms with E-state index in [1.165, 1.54) is 37.6 Å². The van der Waals surface area contributed by atoms with Crippen molar-refractivity contribution in [2.45, 2.75) is 0 Å². The second-order valence-corrected chi connectivity index (χ2v) is 6.73. The fourth-order valence-corrected chi connectivity index (χ4v) is 3.26. The Hall–Kier alpha value is -3.46. The van der Waals surface area contributed by atoms with Crippen LogP contribution in [0.2, 0.25) is 0 Å². The number of benzene rings is 2. The summed E-state index contributed by atoms with van der Waals surface area (Å²) in [7, 11) is 3.06. The Morgan fingerprint density at radius 2 is 2.07 bits per heavy atom. The van der Waals surface area contributed by atoms with Gasteiger partial charge in [0.25, 0.3) is 11.6 Å². The Morgan fingerprint density at radius 3 is 2.79 bits per heavy atom. The summed E-state index contributed by atoms with van der Waals surface area (Å²) in [5.74, 6) is 0.739. The number of fused-ring (bicyclic) bond motifs is 1. The first-order valence-electron chi connectivity index (χ1n) is 8.24. The van der Waals surface area contributed by atoms with Crippen molar-refractivity contribution in [1.82, 2.24) is 10.3 Å². The third-order valence-electron chi connectivity index (χ3n) is 3.84. The zero-order valence-corrected chi connectivity index (χ0v) is 16.0. The number of carbonyl (C=O) groups is 1. The summed E-state index contributed by atoms with van der Waals surface area (Å²) in [6.07, 6.45) is 3.69. The van der Waals surface area contributed by atoms with Crippen LogP contribution in [0.25, 0.3) is 22.4 Å². The lowest BCUT2D eigenvalue weighted by Gasteiger charge is -2.10. The molecule has 0 spiro atoms. The lowest BCUT2D eigenvalue weighted by atomic mass is 10.2. The number of hydrogen-bond donors (Lipinski definition) is 1. The van der Waals surface area contributed by atoms with Crippen molar-refractivity contribution in [3.8, 4) is 11.5 Å². The van der Waals surface area contributed by atoms with Crippen LogP contribution in [-0.2, 0) is 4.79 Å². The van der Waals surface area contributed by atoms with Crippen molar-refractivity contribution in [3.05, 3.63) is 57.1 Å². The van der Waals surface area contributed by atoms with E-state index >= 15 is 0 Å². The van der Waals surface area contributed by atoms with E-state index in [2.05, 4.69) is 10.3 Å². The second-order valence-electron chi connectivity index (χ2n) is 5.67. The molecule has 28 heavy (non-hydrogen) atoms. The molecule has 0 radical (unpaired) electrons. The molecule has 1 aromatic heterocycles. The highest BCUT2D eigenvalue weighted by atomic mass is 32.1. The molecule has 1 amide bonds. The molecule has 2 aromatic carbocycles. The van der Waals surface area contributed by atoms with Crippen molar-refractivity contribution in [3.63, 3.8) is 0 Å². The Kier molecular flexibility index (Phi) is 5.85. The summed E-state index contributed by atoms with van der Waals surface area (Å²) in [5, 5.41) is 14.1. The largest absolute Gasteiger partial charge is 0.493 e. The molecule has 0 saturated heterocycles. The second kappa shape index (κ2) is 8.49. The highest BCUT2D eigenvalue weighted by Gasteiger charge is 2.10. The molecule has 0 saturated carbocycles. The molecule has 0 aliphatic carbocycles. The van der Waals surface area contributed by atoms with Crippen molar-refractivity contribution >= 4 is 45.3 Å². The number of likely N-dealkylation sites (N-methyl/N-ethyl adjacent to an activating group) is 1. The lowest BCUT2D eigenvalue weighted by molar-refractivity contribution is -0.384. The molecule has 0 unspecified atom stereocenters. The van der Waals surface area contributed by atoms with E-state index in [1.54, 1.807) is 18.2 Å². The van der Waals surface area contributed by atoms with Crippen molar-refractivity contribution in [2.24, 2.45) is 0 Å². The molecule has 9 heteroatoms. The van der Waals surface area contributed by atoms with Crippen LogP contribution in [0.1, 0.15) is 10.6 Å². The maximum Gasteiger partial charge on any atom is 0.271 e. The number of ether oxygens (including phenoxy) is 2.